The zero-order valence-corrected chi connectivity index (χ0v) is 11.6. The zero-order valence-electron chi connectivity index (χ0n) is 9.98. The van der Waals surface area contributed by atoms with Crippen molar-refractivity contribution in [1.82, 2.24) is 15.1 Å². The third-order valence-electron chi connectivity index (χ3n) is 2.57. The Hall–Kier alpha value is -1.03. The molecule has 1 amide bonds. The Bertz CT molecular complexity index is 465. The van der Waals surface area contributed by atoms with E-state index in [9.17, 15) is 18.0 Å². The van der Waals surface area contributed by atoms with Crippen molar-refractivity contribution in [2.45, 2.75) is 16.8 Å². The standard InChI is InChI=1S/C9H11F3N4OS2/c1-2-15-3-4-16(5-6(15)17)7-13-14-8(18-7)19-9(10,11)12/h2-5H2,1H3. The number of halogens is 3. The van der Waals surface area contributed by atoms with Crippen molar-refractivity contribution in [2.24, 2.45) is 0 Å². The molecule has 2 heterocycles. The van der Waals surface area contributed by atoms with Crippen molar-refractivity contribution in [3.05, 3.63) is 0 Å². The molecule has 1 fully saturated rings. The number of alkyl halides is 3. The molecule has 0 radical (unpaired) electrons. The molecule has 2 rings (SSSR count). The molecule has 1 aliphatic rings. The minimum atomic E-state index is -4.37. The Morgan fingerprint density at radius 2 is 2.11 bits per heavy atom. The summed E-state index contributed by atoms with van der Waals surface area (Å²) in [5.41, 5.74) is -4.37. The summed E-state index contributed by atoms with van der Waals surface area (Å²) in [5.74, 6) is -0.0472. The Labute approximate surface area is 115 Å². The number of aromatic nitrogens is 2. The van der Waals surface area contributed by atoms with Gasteiger partial charge in [-0.1, -0.05) is 11.3 Å². The summed E-state index contributed by atoms with van der Waals surface area (Å²) < 4.78 is 36.4. The third kappa shape index (κ3) is 3.72. The highest BCUT2D eigenvalue weighted by atomic mass is 32.2. The molecule has 0 atom stereocenters. The van der Waals surface area contributed by atoms with Crippen molar-refractivity contribution in [2.75, 3.05) is 31.1 Å². The highest BCUT2D eigenvalue weighted by Crippen LogP contribution is 2.39. The summed E-state index contributed by atoms with van der Waals surface area (Å²) in [7, 11) is 0. The van der Waals surface area contributed by atoms with Gasteiger partial charge in [0.2, 0.25) is 11.0 Å². The second kappa shape index (κ2) is 5.53. The van der Waals surface area contributed by atoms with Crippen LogP contribution < -0.4 is 4.90 Å². The van der Waals surface area contributed by atoms with Crippen LogP contribution in [-0.2, 0) is 4.79 Å². The van der Waals surface area contributed by atoms with E-state index in [-0.39, 0.29) is 28.6 Å². The lowest BCUT2D eigenvalue weighted by Crippen LogP contribution is -2.50. The first-order valence-corrected chi connectivity index (χ1v) is 7.14. The maximum absolute atomic E-state index is 12.2. The van der Waals surface area contributed by atoms with Crippen LogP contribution in [0.1, 0.15) is 6.92 Å². The van der Waals surface area contributed by atoms with Gasteiger partial charge < -0.3 is 9.80 Å². The lowest BCUT2D eigenvalue weighted by atomic mass is 10.3. The maximum atomic E-state index is 12.2. The number of rotatable bonds is 3. The first-order chi connectivity index (χ1) is 8.89. The van der Waals surface area contributed by atoms with Gasteiger partial charge in [0.1, 0.15) is 0 Å². The van der Waals surface area contributed by atoms with E-state index in [1.54, 1.807) is 9.80 Å². The Morgan fingerprint density at radius 1 is 1.37 bits per heavy atom. The number of likely N-dealkylation sites (N-methyl/N-ethyl adjacent to an activating group) is 1. The molecular formula is C9H11F3N4OS2. The largest absolute Gasteiger partial charge is 0.448 e. The van der Waals surface area contributed by atoms with Crippen molar-refractivity contribution >= 4 is 34.1 Å². The van der Waals surface area contributed by atoms with Crippen LogP contribution in [0.25, 0.3) is 0 Å². The molecule has 0 aliphatic carbocycles. The first kappa shape index (κ1) is 14.4. The second-order valence-electron chi connectivity index (χ2n) is 3.79. The molecule has 1 saturated heterocycles. The van der Waals surface area contributed by atoms with Crippen molar-refractivity contribution < 1.29 is 18.0 Å². The van der Waals surface area contributed by atoms with E-state index in [4.69, 9.17) is 0 Å². The van der Waals surface area contributed by atoms with Crippen LogP contribution in [0.2, 0.25) is 0 Å². The molecule has 0 N–H and O–H groups in total. The van der Waals surface area contributed by atoms with Crippen molar-refractivity contribution in [1.29, 1.82) is 0 Å². The van der Waals surface area contributed by atoms with Gasteiger partial charge in [0, 0.05) is 31.4 Å². The molecule has 106 valence electrons. The van der Waals surface area contributed by atoms with Crippen LogP contribution in [0.3, 0.4) is 0 Å². The van der Waals surface area contributed by atoms with Crippen LogP contribution >= 0.6 is 23.1 Å². The summed E-state index contributed by atoms with van der Waals surface area (Å²) in [6.45, 7) is 3.77. The number of piperazine rings is 1. The molecule has 1 aromatic heterocycles. The van der Waals surface area contributed by atoms with E-state index in [1.807, 2.05) is 6.92 Å². The minimum absolute atomic E-state index is 0.0472. The SMILES string of the molecule is CCN1CCN(c2nnc(SC(F)(F)F)s2)CC1=O. The fourth-order valence-corrected chi connectivity index (χ4v) is 3.23. The molecule has 0 bridgehead atoms. The average molecular weight is 312 g/mol. The fourth-order valence-electron chi connectivity index (χ4n) is 1.68. The molecule has 0 saturated carbocycles. The minimum Gasteiger partial charge on any atom is -0.340 e. The van der Waals surface area contributed by atoms with E-state index in [2.05, 4.69) is 10.2 Å². The van der Waals surface area contributed by atoms with E-state index in [0.717, 1.165) is 11.3 Å². The van der Waals surface area contributed by atoms with Gasteiger partial charge in [-0.2, -0.15) is 13.2 Å². The molecule has 0 aromatic carbocycles. The number of thioether (sulfide) groups is 1. The van der Waals surface area contributed by atoms with Gasteiger partial charge in [0.25, 0.3) is 0 Å². The first-order valence-electron chi connectivity index (χ1n) is 5.51. The molecule has 5 nitrogen and oxygen atoms in total. The normalized spacial score (nSPS) is 17.2. The molecule has 0 spiro atoms. The molecule has 0 unspecified atom stereocenters. The topological polar surface area (TPSA) is 49.3 Å². The highest BCUT2D eigenvalue weighted by molar-refractivity contribution is 8.01. The zero-order chi connectivity index (χ0) is 14.0. The van der Waals surface area contributed by atoms with E-state index in [1.165, 1.54) is 0 Å². The summed E-state index contributed by atoms with van der Waals surface area (Å²) in [4.78, 5) is 15.1. The van der Waals surface area contributed by atoms with Crippen molar-refractivity contribution in [3.8, 4) is 0 Å². The number of amides is 1. The quantitative estimate of drug-likeness (QED) is 0.797. The van der Waals surface area contributed by atoms with Gasteiger partial charge >= 0.3 is 5.51 Å². The molecule has 1 aromatic rings. The van der Waals surface area contributed by atoms with Gasteiger partial charge in [-0.3, -0.25) is 4.79 Å². The second-order valence-corrected chi connectivity index (χ2v) is 6.06. The van der Waals surface area contributed by atoms with Gasteiger partial charge in [-0.25, -0.2) is 0 Å². The smallest absolute Gasteiger partial charge is 0.340 e. The molecule has 19 heavy (non-hydrogen) atoms. The number of nitrogens with zero attached hydrogens (tertiary/aromatic N) is 4. The lowest BCUT2D eigenvalue weighted by Gasteiger charge is -2.33. The number of carbonyl (C=O) groups excluding carboxylic acids is 1. The fraction of sp³-hybridized carbons (Fsp3) is 0.667. The average Bonchev–Trinajstić information content (AvgIpc) is 2.75. The Morgan fingerprint density at radius 3 is 2.68 bits per heavy atom. The monoisotopic (exact) mass is 312 g/mol. The molecular weight excluding hydrogens is 301 g/mol. The number of hydrogen-bond donors (Lipinski definition) is 0. The summed E-state index contributed by atoms with van der Waals surface area (Å²) in [6.07, 6.45) is 0. The number of carbonyl (C=O) groups is 1. The van der Waals surface area contributed by atoms with Crippen LogP contribution in [0.5, 0.6) is 0 Å². The highest BCUT2D eigenvalue weighted by Gasteiger charge is 2.32. The maximum Gasteiger partial charge on any atom is 0.448 e. The Kier molecular flexibility index (Phi) is 4.19. The van der Waals surface area contributed by atoms with Crippen molar-refractivity contribution in [3.63, 3.8) is 0 Å². The lowest BCUT2D eigenvalue weighted by molar-refractivity contribution is -0.130. The van der Waals surface area contributed by atoms with Gasteiger partial charge in [0.05, 0.1) is 6.54 Å². The molecule has 10 heteroatoms. The predicted molar refractivity (Wildman–Crippen MR) is 66.3 cm³/mol. The number of anilines is 1. The van der Waals surface area contributed by atoms with E-state index in [0.29, 0.717) is 24.8 Å². The van der Waals surface area contributed by atoms with Crippen LogP contribution in [0, 0.1) is 0 Å². The van der Waals surface area contributed by atoms with E-state index < -0.39 is 5.51 Å². The molecule has 1 aliphatic heterocycles. The van der Waals surface area contributed by atoms with Crippen LogP contribution in [0.4, 0.5) is 18.3 Å². The summed E-state index contributed by atoms with van der Waals surface area (Å²) >= 11 is 0.567. The third-order valence-corrected chi connectivity index (χ3v) is 4.34. The van der Waals surface area contributed by atoms with Gasteiger partial charge in [0.15, 0.2) is 4.34 Å². The van der Waals surface area contributed by atoms with Gasteiger partial charge in [-0.05, 0) is 6.92 Å². The van der Waals surface area contributed by atoms with E-state index >= 15 is 0 Å². The van der Waals surface area contributed by atoms with Crippen LogP contribution in [0.15, 0.2) is 4.34 Å². The summed E-state index contributed by atoms with van der Waals surface area (Å²) in [6, 6.07) is 0. The number of hydrogen-bond acceptors (Lipinski definition) is 6. The predicted octanol–water partition coefficient (Wildman–Crippen LogP) is 1.82. The van der Waals surface area contributed by atoms with Crippen LogP contribution in [-0.4, -0.2) is 52.7 Å². The van der Waals surface area contributed by atoms with Gasteiger partial charge in [-0.15, -0.1) is 10.2 Å². The summed E-state index contributed by atoms with van der Waals surface area (Å²) in [5, 5.41) is 7.56. The Balaban J connectivity index is 2.02.